The van der Waals surface area contributed by atoms with E-state index in [1.165, 1.54) is 0 Å². The Hall–Kier alpha value is -0.890. The highest BCUT2D eigenvalue weighted by Gasteiger charge is 2.16. The van der Waals surface area contributed by atoms with Crippen molar-refractivity contribution in [2.24, 2.45) is 17.8 Å². The lowest BCUT2D eigenvalue weighted by molar-refractivity contribution is 0.275. The summed E-state index contributed by atoms with van der Waals surface area (Å²) in [5.41, 5.74) is 1.87. The molecule has 0 spiro atoms. The molecule has 0 heterocycles. The Morgan fingerprint density at radius 1 is 1.11 bits per heavy atom. The van der Waals surface area contributed by atoms with Crippen LogP contribution in [0.1, 0.15) is 38.8 Å². The zero-order chi connectivity index (χ0) is 13.7. The van der Waals surface area contributed by atoms with Crippen molar-refractivity contribution in [2.75, 3.05) is 6.54 Å². The molecule has 0 radical (unpaired) electrons. The van der Waals surface area contributed by atoms with Crippen molar-refractivity contribution < 1.29 is 4.39 Å². The van der Waals surface area contributed by atoms with Crippen LogP contribution in [0.15, 0.2) is 18.2 Å². The molecule has 0 saturated heterocycles. The molecule has 0 aliphatic heterocycles. The van der Waals surface area contributed by atoms with Gasteiger partial charge in [-0.25, -0.2) is 4.39 Å². The summed E-state index contributed by atoms with van der Waals surface area (Å²) in [4.78, 5) is 0. The summed E-state index contributed by atoms with van der Waals surface area (Å²) in [6, 6.07) is 5.33. The van der Waals surface area contributed by atoms with E-state index in [2.05, 4.69) is 33.0 Å². The van der Waals surface area contributed by atoms with Crippen molar-refractivity contribution >= 4 is 0 Å². The number of halogens is 1. The van der Waals surface area contributed by atoms with Crippen LogP contribution in [0.5, 0.6) is 0 Å². The van der Waals surface area contributed by atoms with Gasteiger partial charge in [0.25, 0.3) is 0 Å². The van der Waals surface area contributed by atoms with Gasteiger partial charge in [-0.2, -0.15) is 0 Å². The van der Waals surface area contributed by atoms with Gasteiger partial charge in [0.05, 0.1) is 0 Å². The minimum Gasteiger partial charge on any atom is -0.312 e. The first-order valence-electron chi connectivity index (χ1n) is 6.87. The molecule has 0 aliphatic carbocycles. The molecule has 0 aliphatic rings. The Morgan fingerprint density at radius 3 is 2.22 bits per heavy atom. The zero-order valence-corrected chi connectivity index (χ0v) is 12.3. The lowest BCUT2D eigenvalue weighted by Gasteiger charge is -2.25. The van der Waals surface area contributed by atoms with E-state index in [-0.39, 0.29) is 5.82 Å². The summed E-state index contributed by atoms with van der Waals surface area (Å²) in [6.45, 7) is 12.7. The first kappa shape index (κ1) is 15.2. The molecule has 0 aromatic heterocycles. The standard InChI is InChI=1S/C16H26FN/c1-11(2)15(12(3)4)10-18-9-14-6-7-16(17)13(5)8-14/h6-8,11-12,15,18H,9-10H2,1-5H3. The van der Waals surface area contributed by atoms with E-state index in [0.717, 1.165) is 24.2 Å². The second kappa shape index (κ2) is 6.89. The van der Waals surface area contributed by atoms with Crippen LogP contribution in [0.2, 0.25) is 0 Å². The third-order valence-electron chi connectivity index (χ3n) is 3.64. The first-order chi connectivity index (χ1) is 8.41. The van der Waals surface area contributed by atoms with E-state index in [0.29, 0.717) is 17.8 Å². The molecule has 1 rings (SSSR count). The van der Waals surface area contributed by atoms with Gasteiger partial charge in [-0.15, -0.1) is 0 Å². The molecular weight excluding hydrogens is 225 g/mol. The van der Waals surface area contributed by atoms with E-state index < -0.39 is 0 Å². The van der Waals surface area contributed by atoms with Crippen LogP contribution >= 0.6 is 0 Å². The molecule has 0 unspecified atom stereocenters. The van der Waals surface area contributed by atoms with Crippen molar-refractivity contribution in [3.05, 3.63) is 35.1 Å². The predicted octanol–water partition coefficient (Wildman–Crippen LogP) is 4.15. The highest BCUT2D eigenvalue weighted by molar-refractivity contribution is 5.23. The molecule has 18 heavy (non-hydrogen) atoms. The fraction of sp³-hybridized carbons (Fsp3) is 0.625. The van der Waals surface area contributed by atoms with E-state index >= 15 is 0 Å². The molecule has 0 fully saturated rings. The predicted molar refractivity (Wildman–Crippen MR) is 76.0 cm³/mol. The summed E-state index contributed by atoms with van der Waals surface area (Å²) < 4.78 is 13.1. The van der Waals surface area contributed by atoms with Crippen LogP contribution in [0.25, 0.3) is 0 Å². The molecule has 1 nitrogen and oxygen atoms in total. The summed E-state index contributed by atoms with van der Waals surface area (Å²) >= 11 is 0. The SMILES string of the molecule is Cc1cc(CNCC(C(C)C)C(C)C)ccc1F. The molecule has 0 atom stereocenters. The van der Waals surface area contributed by atoms with Crippen molar-refractivity contribution in [1.82, 2.24) is 5.32 Å². The van der Waals surface area contributed by atoms with Gasteiger partial charge in [0.2, 0.25) is 0 Å². The van der Waals surface area contributed by atoms with Gasteiger partial charge in [0.15, 0.2) is 0 Å². The number of nitrogens with one attached hydrogen (secondary N) is 1. The summed E-state index contributed by atoms with van der Waals surface area (Å²) in [7, 11) is 0. The molecule has 1 N–H and O–H groups in total. The number of benzene rings is 1. The number of hydrogen-bond donors (Lipinski definition) is 1. The monoisotopic (exact) mass is 251 g/mol. The van der Waals surface area contributed by atoms with Crippen LogP contribution in [-0.2, 0) is 6.54 Å². The van der Waals surface area contributed by atoms with Crippen LogP contribution in [0.4, 0.5) is 4.39 Å². The fourth-order valence-corrected chi connectivity index (χ4v) is 2.44. The summed E-state index contributed by atoms with van der Waals surface area (Å²) in [6.07, 6.45) is 0. The van der Waals surface area contributed by atoms with E-state index in [1.54, 1.807) is 6.07 Å². The Kier molecular flexibility index (Phi) is 5.80. The van der Waals surface area contributed by atoms with Gasteiger partial charge >= 0.3 is 0 Å². The normalized spacial score (nSPS) is 11.8. The summed E-state index contributed by atoms with van der Waals surface area (Å²) in [5.74, 6) is 1.94. The first-order valence-corrected chi connectivity index (χ1v) is 6.87. The third kappa shape index (κ3) is 4.41. The second-order valence-corrected chi connectivity index (χ2v) is 5.87. The van der Waals surface area contributed by atoms with E-state index in [9.17, 15) is 4.39 Å². The highest BCUT2D eigenvalue weighted by atomic mass is 19.1. The maximum absolute atomic E-state index is 13.1. The van der Waals surface area contributed by atoms with Gasteiger partial charge < -0.3 is 5.32 Å². The molecule has 1 aromatic rings. The Morgan fingerprint density at radius 2 is 1.72 bits per heavy atom. The Balaban J connectivity index is 2.47. The van der Waals surface area contributed by atoms with Crippen molar-refractivity contribution in [2.45, 2.75) is 41.2 Å². The lowest BCUT2D eigenvalue weighted by atomic mass is 9.85. The average Bonchev–Trinajstić information content (AvgIpc) is 2.28. The molecular formula is C16H26FN. The third-order valence-corrected chi connectivity index (χ3v) is 3.64. The number of hydrogen-bond acceptors (Lipinski definition) is 1. The van der Waals surface area contributed by atoms with Gasteiger partial charge in [-0.1, -0.05) is 39.8 Å². The largest absolute Gasteiger partial charge is 0.312 e. The number of aryl methyl sites for hydroxylation is 1. The smallest absolute Gasteiger partial charge is 0.126 e. The lowest BCUT2D eigenvalue weighted by Crippen LogP contribution is -2.29. The zero-order valence-electron chi connectivity index (χ0n) is 12.3. The molecule has 1 aromatic carbocycles. The van der Waals surface area contributed by atoms with E-state index in [4.69, 9.17) is 0 Å². The highest BCUT2D eigenvalue weighted by Crippen LogP contribution is 2.19. The van der Waals surface area contributed by atoms with Crippen LogP contribution in [0.3, 0.4) is 0 Å². The van der Waals surface area contributed by atoms with Gasteiger partial charge in [-0.3, -0.25) is 0 Å². The van der Waals surface area contributed by atoms with Gasteiger partial charge in [-0.05, 0) is 48.4 Å². The Bertz CT molecular complexity index is 363. The minimum absolute atomic E-state index is 0.124. The van der Waals surface area contributed by atoms with Crippen LogP contribution < -0.4 is 5.32 Å². The van der Waals surface area contributed by atoms with Crippen LogP contribution in [-0.4, -0.2) is 6.54 Å². The number of rotatable bonds is 6. The van der Waals surface area contributed by atoms with Gasteiger partial charge in [0, 0.05) is 6.54 Å². The van der Waals surface area contributed by atoms with Crippen molar-refractivity contribution in [3.8, 4) is 0 Å². The average molecular weight is 251 g/mol. The second-order valence-electron chi connectivity index (χ2n) is 5.87. The Labute approximate surface area is 111 Å². The molecule has 0 amide bonds. The molecule has 102 valence electrons. The van der Waals surface area contributed by atoms with Crippen LogP contribution in [0, 0.1) is 30.5 Å². The van der Waals surface area contributed by atoms with Crippen molar-refractivity contribution in [3.63, 3.8) is 0 Å². The minimum atomic E-state index is -0.124. The topological polar surface area (TPSA) is 12.0 Å². The van der Waals surface area contributed by atoms with Gasteiger partial charge in [0.1, 0.15) is 5.82 Å². The van der Waals surface area contributed by atoms with Crippen molar-refractivity contribution in [1.29, 1.82) is 0 Å². The van der Waals surface area contributed by atoms with E-state index in [1.807, 2.05) is 19.1 Å². The quantitative estimate of drug-likeness (QED) is 0.801. The molecule has 2 heteroatoms. The summed E-state index contributed by atoms with van der Waals surface area (Å²) in [5, 5.41) is 3.49. The maximum atomic E-state index is 13.1. The molecule has 0 saturated carbocycles. The maximum Gasteiger partial charge on any atom is 0.126 e. The fourth-order valence-electron chi connectivity index (χ4n) is 2.44. The molecule has 0 bridgehead atoms.